The number of ether oxygens (including phenoxy) is 1. The molecule has 0 amide bonds. The Morgan fingerprint density at radius 3 is 2.83 bits per heavy atom. The number of nitrogens with one attached hydrogen (secondary N) is 1. The lowest BCUT2D eigenvalue weighted by Gasteiger charge is -2.35. The van der Waals surface area contributed by atoms with Crippen LogP contribution in [-0.2, 0) is 16.1 Å². The van der Waals surface area contributed by atoms with E-state index >= 15 is 0 Å². The van der Waals surface area contributed by atoms with Crippen LogP contribution in [0.15, 0.2) is 40.5 Å². The van der Waals surface area contributed by atoms with Crippen LogP contribution in [0.1, 0.15) is 38.2 Å². The van der Waals surface area contributed by atoms with Gasteiger partial charge in [0.05, 0.1) is 17.7 Å². The van der Waals surface area contributed by atoms with Crippen LogP contribution in [-0.4, -0.2) is 40.5 Å². The largest absolute Gasteiger partial charge is 0.466 e. The number of hydrogen-bond acceptors (Lipinski definition) is 7. The molecule has 1 aromatic heterocycles. The summed E-state index contributed by atoms with van der Waals surface area (Å²) in [5.41, 5.74) is 2.24. The number of carbonyl (C=O) groups excluding carboxylic acids is 1. The minimum absolute atomic E-state index is 0.0418. The van der Waals surface area contributed by atoms with Crippen LogP contribution in [0.5, 0.6) is 0 Å². The molecule has 7 heteroatoms. The number of likely N-dealkylation sites (tertiary alicyclic amines) is 1. The summed E-state index contributed by atoms with van der Waals surface area (Å²) in [6.45, 7) is 5.40. The maximum atomic E-state index is 12.4. The number of esters is 1. The summed E-state index contributed by atoms with van der Waals surface area (Å²) in [6, 6.07) is 6.61. The van der Waals surface area contributed by atoms with Gasteiger partial charge < -0.3 is 10.1 Å². The van der Waals surface area contributed by atoms with Crippen molar-refractivity contribution in [3.8, 4) is 0 Å². The van der Waals surface area contributed by atoms with Crippen LogP contribution in [0.2, 0.25) is 0 Å². The minimum Gasteiger partial charge on any atom is -0.466 e. The van der Waals surface area contributed by atoms with Crippen LogP contribution in [0.3, 0.4) is 0 Å². The van der Waals surface area contributed by atoms with E-state index in [0.29, 0.717) is 12.5 Å². The number of piperidine rings is 1. The molecular formula is C22H26N4O2S. The standard InChI is InChI=1S/C22H26N4O2S/c1-2-28-21(27)22(7-8-22)16-5-11-26(12-6-16)14-15-3-4-18-17(13-15)25-19-20(29-18)24-10-9-23-19/h3-4,9-10,13,16H,2,5-8,11-12,14H2,1H3,(H,23,25). The highest BCUT2D eigenvalue weighted by Crippen LogP contribution is 2.56. The van der Waals surface area contributed by atoms with Gasteiger partial charge in [0.1, 0.15) is 5.03 Å². The molecule has 1 saturated carbocycles. The number of nitrogens with zero attached hydrogens (tertiary/aromatic N) is 3. The molecule has 1 saturated heterocycles. The Kier molecular flexibility index (Phi) is 4.95. The summed E-state index contributed by atoms with van der Waals surface area (Å²) in [6.07, 6.45) is 7.63. The monoisotopic (exact) mass is 410 g/mol. The second-order valence-corrected chi connectivity index (χ2v) is 9.23. The van der Waals surface area contributed by atoms with E-state index in [2.05, 4.69) is 38.4 Å². The van der Waals surface area contributed by atoms with Gasteiger partial charge in [0, 0.05) is 23.8 Å². The fraction of sp³-hybridized carbons (Fsp3) is 0.500. The van der Waals surface area contributed by atoms with Crippen molar-refractivity contribution >= 4 is 29.2 Å². The van der Waals surface area contributed by atoms with Crippen LogP contribution in [0, 0.1) is 11.3 Å². The van der Waals surface area contributed by atoms with E-state index in [-0.39, 0.29) is 11.4 Å². The molecule has 0 bridgehead atoms. The molecule has 3 heterocycles. The third-order valence-electron chi connectivity index (χ3n) is 6.41. The molecule has 29 heavy (non-hydrogen) atoms. The molecule has 0 atom stereocenters. The van der Waals surface area contributed by atoms with Gasteiger partial charge in [0.25, 0.3) is 0 Å². The van der Waals surface area contributed by atoms with Gasteiger partial charge in [-0.3, -0.25) is 9.69 Å². The number of fused-ring (bicyclic) bond motifs is 2. The molecule has 2 fully saturated rings. The van der Waals surface area contributed by atoms with Gasteiger partial charge in [-0.15, -0.1) is 0 Å². The molecule has 1 aromatic carbocycles. The number of aromatic nitrogens is 2. The minimum atomic E-state index is -0.163. The van der Waals surface area contributed by atoms with Crippen LogP contribution >= 0.6 is 11.8 Å². The molecule has 1 N–H and O–H groups in total. The van der Waals surface area contributed by atoms with Crippen molar-refractivity contribution in [3.05, 3.63) is 36.2 Å². The van der Waals surface area contributed by atoms with Gasteiger partial charge in [-0.1, -0.05) is 17.8 Å². The van der Waals surface area contributed by atoms with Crippen molar-refractivity contribution in [2.75, 3.05) is 25.0 Å². The van der Waals surface area contributed by atoms with E-state index < -0.39 is 0 Å². The zero-order chi connectivity index (χ0) is 19.8. The van der Waals surface area contributed by atoms with E-state index in [1.54, 1.807) is 24.2 Å². The van der Waals surface area contributed by atoms with Crippen LogP contribution < -0.4 is 5.32 Å². The van der Waals surface area contributed by atoms with E-state index in [9.17, 15) is 4.79 Å². The third-order valence-corrected chi connectivity index (χ3v) is 7.48. The van der Waals surface area contributed by atoms with Crippen molar-refractivity contribution in [2.45, 2.75) is 49.1 Å². The Labute approximate surface area is 175 Å². The summed E-state index contributed by atoms with van der Waals surface area (Å²) < 4.78 is 5.35. The topological polar surface area (TPSA) is 67.3 Å². The third kappa shape index (κ3) is 3.62. The van der Waals surface area contributed by atoms with Crippen molar-refractivity contribution in [2.24, 2.45) is 11.3 Å². The Morgan fingerprint density at radius 1 is 1.28 bits per heavy atom. The Bertz CT molecular complexity index is 923. The zero-order valence-corrected chi connectivity index (χ0v) is 17.5. The molecule has 0 unspecified atom stereocenters. The zero-order valence-electron chi connectivity index (χ0n) is 16.7. The second-order valence-electron chi connectivity index (χ2n) is 8.19. The quantitative estimate of drug-likeness (QED) is 0.631. The van der Waals surface area contributed by atoms with Gasteiger partial charge >= 0.3 is 5.97 Å². The van der Waals surface area contributed by atoms with E-state index in [1.165, 1.54) is 10.5 Å². The normalized spacial score (nSPS) is 20.3. The first-order chi connectivity index (χ1) is 14.2. The first-order valence-corrected chi connectivity index (χ1v) is 11.3. The van der Waals surface area contributed by atoms with Crippen molar-refractivity contribution in [3.63, 3.8) is 0 Å². The smallest absolute Gasteiger partial charge is 0.312 e. The first-order valence-electron chi connectivity index (χ1n) is 10.5. The van der Waals surface area contributed by atoms with Gasteiger partial charge in [0.2, 0.25) is 0 Å². The summed E-state index contributed by atoms with van der Waals surface area (Å²) in [5.74, 6) is 1.35. The number of rotatable bonds is 5. The first kappa shape index (κ1) is 18.9. The Morgan fingerprint density at radius 2 is 2.07 bits per heavy atom. The van der Waals surface area contributed by atoms with Gasteiger partial charge in [-0.05, 0) is 69.3 Å². The average Bonchev–Trinajstić information content (AvgIpc) is 3.55. The Hall–Kier alpha value is -2.12. The SMILES string of the molecule is CCOC(=O)C1(C2CCN(Cc3ccc4c(c3)Nc3nccnc3S4)CC2)CC1. The van der Waals surface area contributed by atoms with Crippen molar-refractivity contribution < 1.29 is 9.53 Å². The fourth-order valence-electron chi connectivity index (χ4n) is 4.67. The van der Waals surface area contributed by atoms with Gasteiger partial charge in [-0.25, -0.2) is 9.97 Å². The lowest BCUT2D eigenvalue weighted by atomic mass is 9.81. The number of anilines is 2. The van der Waals surface area contributed by atoms with Crippen molar-refractivity contribution in [1.29, 1.82) is 0 Å². The summed E-state index contributed by atoms with van der Waals surface area (Å²) in [7, 11) is 0. The molecule has 0 radical (unpaired) electrons. The predicted molar refractivity (Wildman–Crippen MR) is 112 cm³/mol. The molecule has 2 aliphatic heterocycles. The van der Waals surface area contributed by atoms with E-state index in [4.69, 9.17) is 4.74 Å². The van der Waals surface area contributed by atoms with Gasteiger partial charge in [0.15, 0.2) is 5.82 Å². The summed E-state index contributed by atoms with van der Waals surface area (Å²) in [4.78, 5) is 24.8. The maximum Gasteiger partial charge on any atom is 0.312 e. The summed E-state index contributed by atoms with van der Waals surface area (Å²) >= 11 is 1.66. The molecule has 3 aliphatic rings. The van der Waals surface area contributed by atoms with Crippen LogP contribution in [0.4, 0.5) is 11.5 Å². The average molecular weight is 411 g/mol. The highest BCUT2D eigenvalue weighted by atomic mass is 32.2. The maximum absolute atomic E-state index is 12.4. The predicted octanol–water partition coefficient (Wildman–Crippen LogP) is 4.24. The molecule has 152 valence electrons. The Balaban J connectivity index is 1.20. The van der Waals surface area contributed by atoms with Crippen LogP contribution in [0.25, 0.3) is 0 Å². The number of benzene rings is 1. The molecule has 6 nitrogen and oxygen atoms in total. The lowest BCUT2D eigenvalue weighted by molar-refractivity contribution is -0.153. The highest BCUT2D eigenvalue weighted by molar-refractivity contribution is 7.99. The molecule has 0 spiro atoms. The summed E-state index contributed by atoms with van der Waals surface area (Å²) in [5, 5.41) is 4.34. The molecular weight excluding hydrogens is 384 g/mol. The lowest BCUT2D eigenvalue weighted by Crippen LogP contribution is -2.39. The second kappa shape index (κ2) is 7.61. The highest BCUT2D eigenvalue weighted by Gasteiger charge is 2.56. The van der Waals surface area contributed by atoms with Crippen molar-refractivity contribution in [1.82, 2.24) is 14.9 Å². The van der Waals surface area contributed by atoms with Gasteiger partial charge in [-0.2, -0.15) is 0 Å². The number of carbonyl (C=O) groups is 1. The molecule has 1 aliphatic carbocycles. The molecule has 2 aromatic rings. The van der Waals surface area contributed by atoms with E-state index in [1.807, 2.05) is 6.92 Å². The fourth-order valence-corrected chi connectivity index (χ4v) is 5.55. The number of hydrogen-bond donors (Lipinski definition) is 1. The van der Waals surface area contributed by atoms with E-state index in [0.717, 1.165) is 61.8 Å². The molecule has 5 rings (SSSR count).